The molecule has 0 unspecified atom stereocenters. The second kappa shape index (κ2) is 33.1. The van der Waals surface area contributed by atoms with E-state index in [0.717, 1.165) is 88.2 Å². The number of nitrogens with one attached hydrogen (secondary N) is 2. The Morgan fingerprint density at radius 2 is 0.941 bits per heavy atom. The summed E-state index contributed by atoms with van der Waals surface area (Å²) in [6.45, 7) is 21.4. The minimum Gasteiger partial charge on any atom is -0.481 e. The summed E-state index contributed by atoms with van der Waals surface area (Å²) < 4.78 is 35.9. The zero-order valence-corrected chi connectivity index (χ0v) is 52.9. The monoisotopic (exact) mass is 1190 g/mol. The van der Waals surface area contributed by atoms with Crippen LogP contribution in [0.3, 0.4) is 0 Å². The molecule has 0 bridgehead atoms. The van der Waals surface area contributed by atoms with E-state index in [2.05, 4.69) is 36.6 Å². The molecule has 85 heavy (non-hydrogen) atoms. The zero-order chi connectivity index (χ0) is 62.2. The molecule has 2 amide bonds. The lowest BCUT2D eigenvalue weighted by Gasteiger charge is -2.39. The molecular weight excluding hydrogens is 1080 g/mol. The molecule has 0 aromatic carbocycles. The van der Waals surface area contributed by atoms with Gasteiger partial charge in [-0.2, -0.15) is 0 Å². The van der Waals surface area contributed by atoms with Crippen molar-refractivity contribution in [3.63, 3.8) is 0 Å². The highest BCUT2D eigenvalue weighted by molar-refractivity contribution is 5.88. The number of aliphatic hydroxyl groups excluding tert-OH is 2. The average Bonchev–Trinajstić information content (AvgIpc) is 2.13. The van der Waals surface area contributed by atoms with Gasteiger partial charge in [0.2, 0.25) is 11.8 Å². The number of aliphatic hydroxyl groups is 2. The number of epoxide rings is 2. The molecule has 2 saturated carbocycles. The van der Waals surface area contributed by atoms with Crippen LogP contribution in [0.2, 0.25) is 0 Å². The van der Waals surface area contributed by atoms with Crippen LogP contribution in [0.4, 0.5) is 0 Å². The van der Waals surface area contributed by atoms with Gasteiger partial charge in [0.05, 0.1) is 68.3 Å². The van der Waals surface area contributed by atoms with Crippen LogP contribution < -0.4 is 27.8 Å². The smallest absolute Gasteiger partial charge is 0.305 e. The number of aliphatic carboxylic acids is 1. The molecule has 11 N–H and O–H groups in total. The van der Waals surface area contributed by atoms with Crippen molar-refractivity contribution < 1.29 is 62.9 Å². The van der Waals surface area contributed by atoms with Crippen molar-refractivity contribution in [1.29, 1.82) is 0 Å². The summed E-state index contributed by atoms with van der Waals surface area (Å²) in [6.07, 6.45) is 28.9. The van der Waals surface area contributed by atoms with E-state index in [9.17, 15) is 29.4 Å². The van der Waals surface area contributed by atoms with E-state index < -0.39 is 47.7 Å². The molecule has 6 aliphatic heterocycles. The summed E-state index contributed by atoms with van der Waals surface area (Å²) in [4.78, 5) is 48.4. The Morgan fingerprint density at radius 1 is 0.565 bits per heavy atom. The van der Waals surface area contributed by atoms with Gasteiger partial charge < -0.3 is 71.6 Å². The predicted octanol–water partition coefficient (Wildman–Crippen LogP) is 7.91. The third-order valence-electron chi connectivity index (χ3n) is 18.5. The Hall–Kier alpha value is -3.92. The van der Waals surface area contributed by atoms with Gasteiger partial charge >= 0.3 is 5.97 Å². The van der Waals surface area contributed by atoms with Gasteiger partial charge in [-0.1, -0.05) is 101 Å². The van der Waals surface area contributed by atoms with E-state index in [1.54, 1.807) is 18.2 Å². The second-order valence-corrected chi connectivity index (χ2v) is 27.2. The number of carboxylic acids is 1. The van der Waals surface area contributed by atoms with Crippen molar-refractivity contribution in [1.82, 2.24) is 10.6 Å². The lowest BCUT2D eigenvalue weighted by Crippen LogP contribution is -2.50. The topological polar surface area (TPSA) is 293 Å². The van der Waals surface area contributed by atoms with E-state index in [1.165, 1.54) is 0 Å². The van der Waals surface area contributed by atoms with Gasteiger partial charge in [0.15, 0.2) is 0 Å². The third kappa shape index (κ3) is 22.9. The molecule has 2 aliphatic carbocycles. The Bertz CT molecular complexity index is 2320. The van der Waals surface area contributed by atoms with Crippen LogP contribution in [0.15, 0.2) is 71.9 Å². The highest BCUT2D eigenvalue weighted by Gasteiger charge is 2.59. The standard InChI is InChI=1S/C34H54N2O6.C27H41NO7.C6H14N2/c1-21(2)6-15-32(38)36-29-16-23(4)30(41-24(29)5)13-7-22(3)8-14-31-33(39)34(20-40-34)19-28(42-31)18-27(37)17-25-9-11-26(35)12-10-25;1-16(2)6-11-24(29)28-21-12-18(4)22(34-19(21)5)9-7-17(3)8-10-23-26(32)27(15-33-27)14-20(35-23)13-25(30)31;7-5-1-2-6(8)4-3-5/h6-8,14-15,21,23-26,28-31,33,39H,9-13,16-20,35H2,1-5H3,(H,36,38);6-8,10-11,16,18-23,26,32H,9,12-15H2,1-5H3,(H,28,29)(H,30,31);5-6H,1-4,7-8H2/b14-8+,15-6-,22-7+;10-8+,11-6-,17-7+;/t23-,24+,25?,26?,28+,29+,30-,31+,33+,34+;18-,19+,20+,21+,22-,23+,26+,27+;/m00./s1. The van der Waals surface area contributed by atoms with Crippen LogP contribution in [0, 0.1) is 29.6 Å². The molecule has 16 atom stereocenters. The van der Waals surface area contributed by atoms with Crippen molar-refractivity contribution in [3.05, 3.63) is 71.9 Å². The van der Waals surface area contributed by atoms with Gasteiger partial charge in [-0.3, -0.25) is 19.2 Å². The first-order valence-electron chi connectivity index (χ1n) is 32.1. The Balaban J connectivity index is 0.000000243. The average molecular weight is 1190 g/mol. The number of carboxylic acid groups (broad SMARTS) is 1. The first-order valence-corrected chi connectivity index (χ1v) is 32.1. The number of allylic oxidation sites excluding steroid dienone is 6. The molecule has 18 heteroatoms. The number of hydrogen-bond donors (Lipinski definition) is 8. The molecule has 6 heterocycles. The maximum atomic E-state index is 12.9. The lowest BCUT2D eigenvalue weighted by molar-refractivity contribution is -0.155. The fourth-order valence-electron chi connectivity index (χ4n) is 12.7. The first-order chi connectivity index (χ1) is 40.2. The molecule has 8 fully saturated rings. The van der Waals surface area contributed by atoms with Crippen molar-refractivity contribution in [2.24, 2.45) is 46.8 Å². The van der Waals surface area contributed by atoms with Crippen LogP contribution >= 0.6 is 0 Å². The van der Waals surface area contributed by atoms with Crippen molar-refractivity contribution in [2.45, 2.75) is 281 Å². The Morgan fingerprint density at radius 3 is 1.31 bits per heavy atom. The summed E-state index contributed by atoms with van der Waals surface area (Å²) in [5, 5.41) is 36.9. The molecule has 0 radical (unpaired) electrons. The number of nitrogens with two attached hydrogens (primary N) is 3. The summed E-state index contributed by atoms with van der Waals surface area (Å²) in [5.74, 6) is 0.831. The van der Waals surface area contributed by atoms with E-state index in [4.69, 9.17) is 50.7 Å². The molecule has 0 aromatic heterocycles. The highest BCUT2D eigenvalue weighted by Crippen LogP contribution is 2.45. The van der Waals surface area contributed by atoms with Crippen LogP contribution in [-0.2, 0) is 47.6 Å². The Labute approximate surface area is 507 Å². The van der Waals surface area contributed by atoms with Crippen LogP contribution in [0.5, 0.6) is 0 Å². The number of ether oxygens (including phenoxy) is 6. The van der Waals surface area contributed by atoms with E-state index in [-0.39, 0.29) is 78.6 Å². The second-order valence-electron chi connectivity index (χ2n) is 27.2. The minimum absolute atomic E-state index is 0.00627. The fraction of sp³-hybridized carbons (Fsp3) is 0.761. The van der Waals surface area contributed by atoms with Gasteiger partial charge in [0, 0.05) is 43.8 Å². The van der Waals surface area contributed by atoms with Crippen molar-refractivity contribution >= 4 is 23.6 Å². The molecular formula is C67H109N5O13. The van der Waals surface area contributed by atoms with Gasteiger partial charge in [0.25, 0.3) is 0 Å². The van der Waals surface area contributed by atoms with Gasteiger partial charge in [-0.05, 0) is 146 Å². The first kappa shape index (κ1) is 70.2. The number of carbonyl (C=O) groups is 4. The Kier molecular flexibility index (Phi) is 27.3. The molecule has 18 nitrogen and oxygen atoms in total. The van der Waals surface area contributed by atoms with Crippen molar-refractivity contribution in [2.75, 3.05) is 13.2 Å². The third-order valence-corrected chi connectivity index (χ3v) is 18.5. The molecule has 6 saturated heterocycles. The normalized spacial score (nSPS) is 38.8. The number of ketones is 1. The van der Waals surface area contributed by atoms with Crippen LogP contribution in [-0.4, -0.2) is 155 Å². The summed E-state index contributed by atoms with van der Waals surface area (Å²) >= 11 is 0. The largest absolute Gasteiger partial charge is 0.481 e. The minimum atomic E-state index is -0.925. The zero-order valence-electron chi connectivity index (χ0n) is 52.9. The highest BCUT2D eigenvalue weighted by atomic mass is 16.6. The number of carbonyl (C=O) groups excluding carboxylic acids is 3. The van der Waals surface area contributed by atoms with E-state index in [1.807, 2.05) is 85.8 Å². The van der Waals surface area contributed by atoms with E-state index in [0.29, 0.717) is 74.7 Å². The lowest BCUT2D eigenvalue weighted by atomic mass is 9.82. The maximum Gasteiger partial charge on any atom is 0.305 e. The summed E-state index contributed by atoms with van der Waals surface area (Å²) in [5.41, 5.74) is 18.1. The maximum absolute atomic E-state index is 12.9. The van der Waals surface area contributed by atoms with Gasteiger partial charge in [-0.25, -0.2) is 0 Å². The summed E-state index contributed by atoms with van der Waals surface area (Å²) in [7, 11) is 0. The number of rotatable bonds is 20. The quantitative estimate of drug-likeness (QED) is 0.0326. The summed E-state index contributed by atoms with van der Waals surface area (Å²) in [6, 6.07) is 1.14. The predicted molar refractivity (Wildman–Crippen MR) is 330 cm³/mol. The molecule has 8 aliphatic rings. The van der Waals surface area contributed by atoms with Crippen LogP contribution in [0.1, 0.15) is 178 Å². The molecule has 2 spiro atoms. The SMILES string of the molecule is CC(/C=C/[C@H]1O[C@H](CC(=O)CC2CCC(N)CC2)C[C@@]2(CO2)[C@@H]1O)=C\C[C@@H]1O[C@H](C)[C@H](NC(=O)/C=C\C(C)C)C[C@@H]1C.CC(/C=C/[C@H]1O[C@H](CC(=O)O)C[C@@]2(CO2)[C@@H]1O)=C\C[C@@H]1O[C@H](C)[C@H](NC(=O)/C=C\C(C)C)C[C@@H]1C.NC1CCC(N)CC1. The van der Waals surface area contributed by atoms with Crippen molar-refractivity contribution in [3.8, 4) is 0 Å². The molecule has 8 rings (SSSR count). The van der Waals surface area contributed by atoms with Gasteiger partial charge in [0.1, 0.15) is 41.4 Å². The van der Waals surface area contributed by atoms with E-state index >= 15 is 0 Å². The fourth-order valence-corrected chi connectivity index (χ4v) is 12.7. The molecule has 480 valence electrons. The van der Waals surface area contributed by atoms with Gasteiger partial charge in [-0.15, -0.1) is 0 Å². The number of amides is 2. The number of hydrogen-bond acceptors (Lipinski definition) is 15. The number of Topliss-reactive ketones (excluding diaryl/α,β-unsaturated/α-hetero) is 1. The molecule has 0 aromatic rings. The van der Waals surface area contributed by atoms with Crippen LogP contribution in [0.25, 0.3) is 0 Å².